The summed E-state index contributed by atoms with van der Waals surface area (Å²) in [6.07, 6.45) is 9.46. The number of rotatable bonds is 5. The summed E-state index contributed by atoms with van der Waals surface area (Å²) >= 11 is 0. The topological polar surface area (TPSA) is 102 Å². The Kier molecular flexibility index (Phi) is 4.86. The zero-order valence-electron chi connectivity index (χ0n) is 20.4. The summed E-state index contributed by atoms with van der Waals surface area (Å²) in [5.41, 5.74) is 2.62. The number of fused-ring (bicyclic) bond motifs is 7. The lowest BCUT2D eigenvalue weighted by Crippen LogP contribution is -2.52. The van der Waals surface area contributed by atoms with Crippen molar-refractivity contribution in [3.63, 3.8) is 0 Å². The van der Waals surface area contributed by atoms with Crippen LogP contribution in [-0.2, 0) is 26.2 Å². The van der Waals surface area contributed by atoms with Gasteiger partial charge in [-0.2, -0.15) is 5.26 Å². The molecule has 2 bridgehead atoms. The van der Waals surface area contributed by atoms with Crippen molar-refractivity contribution >= 4 is 17.7 Å². The van der Waals surface area contributed by atoms with Crippen LogP contribution >= 0.6 is 0 Å². The maximum Gasteiger partial charge on any atom is 0.244 e. The number of benzene rings is 1. The number of carbonyl (C=O) groups is 3. The fourth-order valence-corrected chi connectivity index (χ4v) is 8.45. The number of carbonyl (C=O) groups excluding carboxylic acids is 3. The minimum atomic E-state index is -0.731. The van der Waals surface area contributed by atoms with E-state index in [1.54, 1.807) is 0 Å². The monoisotopic (exact) mass is 484 g/mol. The zero-order valence-corrected chi connectivity index (χ0v) is 20.4. The van der Waals surface area contributed by atoms with Crippen LogP contribution in [0.15, 0.2) is 36.4 Å². The third-order valence-corrected chi connectivity index (χ3v) is 10.3. The summed E-state index contributed by atoms with van der Waals surface area (Å²) in [5.74, 6) is 0.717. The lowest BCUT2D eigenvalue weighted by atomic mass is 9.81. The second kappa shape index (κ2) is 7.93. The van der Waals surface area contributed by atoms with Crippen LogP contribution in [-0.4, -0.2) is 47.8 Å². The largest absolute Gasteiger partial charge is 0.356 e. The molecule has 1 aromatic rings. The Hall–Kier alpha value is -3.14. The fourth-order valence-electron chi connectivity index (χ4n) is 8.45. The van der Waals surface area contributed by atoms with E-state index in [1.807, 2.05) is 4.90 Å². The summed E-state index contributed by atoms with van der Waals surface area (Å²) < 4.78 is 0. The minimum absolute atomic E-state index is 0.0450. The van der Waals surface area contributed by atoms with Crippen LogP contribution in [0.5, 0.6) is 0 Å². The van der Waals surface area contributed by atoms with Crippen molar-refractivity contribution < 1.29 is 14.4 Å². The molecule has 7 rings (SSSR count). The van der Waals surface area contributed by atoms with E-state index in [0.29, 0.717) is 43.7 Å². The Bertz CT molecular complexity index is 1220. The average molecular weight is 485 g/mol. The van der Waals surface area contributed by atoms with Gasteiger partial charge in [0.2, 0.25) is 17.7 Å². The summed E-state index contributed by atoms with van der Waals surface area (Å²) in [5, 5.41) is 15.5. The molecule has 6 aliphatic rings. The molecule has 4 fully saturated rings. The van der Waals surface area contributed by atoms with E-state index in [4.69, 9.17) is 0 Å². The van der Waals surface area contributed by atoms with Gasteiger partial charge in [0.15, 0.2) is 0 Å². The highest BCUT2D eigenvalue weighted by Gasteiger charge is 2.65. The Labute approximate surface area is 211 Å². The molecule has 2 aliphatic heterocycles. The fraction of sp³-hybridized carbons (Fsp3) is 0.586. The van der Waals surface area contributed by atoms with Gasteiger partial charge in [-0.05, 0) is 73.3 Å². The molecule has 2 N–H and O–H groups in total. The Morgan fingerprint density at radius 1 is 1.25 bits per heavy atom. The third-order valence-electron chi connectivity index (χ3n) is 10.3. The molecule has 1 unspecified atom stereocenters. The molecule has 2 saturated heterocycles. The molecule has 186 valence electrons. The Morgan fingerprint density at radius 2 is 2.08 bits per heavy atom. The van der Waals surface area contributed by atoms with Crippen molar-refractivity contribution in [2.75, 3.05) is 13.1 Å². The molecular weight excluding hydrogens is 452 g/mol. The molecule has 2 saturated carbocycles. The first-order valence-corrected chi connectivity index (χ1v) is 13.5. The predicted octanol–water partition coefficient (Wildman–Crippen LogP) is 2.07. The molecule has 1 aromatic carbocycles. The molecular formula is C29H32N4O3. The molecule has 4 aliphatic carbocycles. The molecule has 1 spiro atoms. The van der Waals surface area contributed by atoms with Gasteiger partial charge in [-0.15, -0.1) is 0 Å². The van der Waals surface area contributed by atoms with Gasteiger partial charge >= 0.3 is 0 Å². The number of aryl methyl sites for hydroxylation is 1. The number of amides is 3. The molecule has 0 aromatic heterocycles. The number of nitrogens with one attached hydrogen (secondary N) is 2. The van der Waals surface area contributed by atoms with Crippen molar-refractivity contribution in [2.45, 2.75) is 56.0 Å². The average Bonchev–Trinajstić information content (AvgIpc) is 3.44. The van der Waals surface area contributed by atoms with Gasteiger partial charge in [0.1, 0.15) is 12.1 Å². The van der Waals surface area contributed by atoms with Gasteiger partial charge < -0.3 is 15.5 Å². The molecule has 7 nitrogen and oxygen atoms in total. The number of nitrogens with zero attached hydrogens (tertiary/aromatic N) is 2. The van der Waals surface area contributed by atoms with Gasteiger partial charge in [0, 0.05) is 30.3 Å². The van der Waals surface area contributed by atoms with Crippen LogP contribution < -0.4 is 10.6 Å². The first-order valence-electron chi connectivity index (χ1n) is 13.5. The van der Waals surface area contributed by atoms with Gasteiger partial charge in [0.25, 0.3) is 0 Å². The van der Waals surface area contributed by atoms with E-state index in [0.717, 1.165) is 25.7 Å². The third kappa shape index (κ3) is 3.12. The summed E-state index contributed by atoms with van der Waals surface area (Å²) in [6.45, 7) is 1.25. The number of nitriles is 1. The molecule has 0 radical (unpaired) electrons. The molecule has 7 heteroatoms. The zero-order chi connectivity index (χ0) is 24.6. The van der Waals surface area contributed by atoms with Crippen molar-refractivity contribution in [3.05, 3.63) is 47.5 Å². The van der Waals surface area contributed by atoms with Gasteiger partial charge in [0.05, 0.1) is 6.07 Å². The van der Waals surface area contributed by atoms with Gasteiger partial charge in [-0.25, -0.2) is 0 Å². The van der Waals surface area contributed by atoms with Crippen molar-refractivity contribution in [2.24, 2.45) is 35.5 Å². The number of hydrogen-bond acceptors (Lipinski definition) is 4. The first kappa shape index (κ1) is 22.1. The summed E-state index contributed by atoms with van der Waals surface area (Å²) in [6, 6.07) is 9.43. The molecule has 9 atom stereocenters. The number of likely N-dealkylation sites (tertiary alicyclic amines) is 1. The van der Waals surface area contributed by atoms with Crippen LogP contribution in [0.2, 0.25) is 0 Å². The van der Waals surface area contributed by atoms with Crippen molar-refractivity contribution in [1.82, 2.24) is 15.5 Å². The summed E-state index contributed by atoms with van der Waals surface area (Å²) in [7, 11) is 0. The normalized spacial score (nSPS) is 39.6. The molecule has 3 amide bonds. The highest BCUT2D eigenvalue weighted by molar-refractivity contribution is 5.92. The molecule has 2 heterocycles. The van der Waals surface area contributed by atoms with E-state index in [2.05, 4.69) is 53.1 Å². The van der Waals surface area contributed by atoms with Crippen LogP contribution in [0, 0.1) is 46.8 Å². The second-order valence-electron chi connectivity index (χ2n) is 11.9. The standard InChI is InChI=1S/C29H32N4O3/c30-14-20(12-19-8-10-31-26(19)34)32-27(35)25-24-18-6-5-17(11-18)21(24)15-33(25)28(36)23-13-29(23)9-7-16-3-1-2-4-22(16)29/h1-6,17-21,23-25H,7-13,15H2,(H,31,34)(H,32,35)/t17-,18+,19+,20?,21-,23+,24+,25+,29+/m1/s1. The lowest BCUT2D eigenvalue weighted by molar-refractivity contribution is -0.141. The van der Waals surface area contributed by atoms with Gasteiger partial charge in [-0.3, -0.25) is 14.4 Å². The Balaban J connectivity index is 1.13. The van der Waals surface area contributed by atoms with E-state index in [9.17, 15) is 19.6 Å². The van der Waals surface area contributed by atoms with Crippen LogP contribution in [0.25, 0.3) is 0 Å². The van der Waals surface area contributed by atoms with E-state index < -0.39 is 12.1 Å². The summed E-state index contributed by atoms with van der Waals surface area (Å²) in [4.78, 5) is 41.7. The second-order valence-corrected chi connectivity index (χ2v) is 11.9. The van der Waals surface area contributed by atoms with Crippen LogP contribution in [0.4, 0.5) is 0 Å². The van der Waals surface area contributed by atoms with Crippen molar-refractivity contribution in [3.8, 4) is 6.07 Å². The van der Waals surface area contributed by atoms with Crippen LogP contribution in [0.3, 0.4) is 0 Å². The van der Waals surface area contributed by atoms with Crippen molar-refractivity contribution in [1.29, 1.82) is 5.26 Å². The highest BCUT2D eigenvalue weighted by Crippen LogP contribution is 2.63. The van der Waals surface area contributed by atoms with E-state index in [-0.39, 0.29) is 40.9 Å². The quantitative estimate of drug-likeness (QED) is 0.625. The number of allylic oxidation sites excluding steroid dienone is 2. The highest BCUT2D eigenvalue weighted by atomic mass is 16.2. The number of hydrogen-bond donors (Lipinski definition) is 2. The first-order chi connectivity index (χ1) is 17.5. The Morgan fingerprint density at radius 3 is 2.89 bits per heavy atom. The maximum absolute atomic E-state index is 14.0. The smallest absolute Gasteiger partial charge is 0.244 e. The van der Waals surface area contributed by atoms with E-state index in [1.165, 1.54) is 11.1 Å². The van der Waals surface area contributed by atoms with E-state index >= 15 is 0 Å². The SMILES string of the molecule is N#CC(C[C@@H]1CCNC1=O)NC(=O)[C@@H]1[C@@H]2[C@H](CN1C(=O)[C@@H]1C[C@]13CCc1ccccc13)[C@@H]1C=C[C@H]2C1. The maximum atomic E-state index is 14.0. The van der Waals surface area contributed by atoms with Gasteiger partial charge in [-0.1, -0.05) is 36.4 Å². The predicted molar refractivity (Wildman–Crippen MR) is 131 cm³/mol. The van der Waals surface area contributed by atoms with Crippen LogP contribution in [0.1, 0.15) is 43.2 Å². The lowest BCUT2D eigenvalue weighted by Gasteiger charge is -2.30. The molecule has 36 heavy (non-hydrogen) atoms. The minimum Gasteiger partial charge on any atom is -0.356 e.